The van der Waals surface area contributed by atoms with E-state index in [9.17, 15) is 23.1 Å². The van der Waals surface area contributed by atoms with Gasteiger partial charge in [0.2, 0.25) is 5.88 Å². The highest BCUT2D eigenvalue weighted by Crippen LogP contribution is 2.37. The van der Waals surface area contributed by atoms with Crippen LogP contribution in [-0.4, -0.2) is 50.5 Å². The molecule has 0 saturated carbocycles. The number of aromatic hydroxyl groups is 1. The van der Waals surface area contributed by atoms with Crippen LogP contribution >= 0.6 is 11.8 Å². The van der Waals surface area contributed by atoms with Gasteiger partial charge in [0, 0.05) is 23.8 Å². The first-order valence-electron chi connectivity index (χ1n) is 9.43. The van der Waals surface area contributed by atoms with Crippen LogP contribution in [0, 0.1) is 0 Å². The first kappa shape index (κ1) is 21.5. The number of thioether (sulfide) groups is 1. The zero-order chi connectivity index (χ0) is 22.0. The number of ether oxygens (including phenoxy) is 1. The molecule has 2 atom stereocenters. The maximum absolute atomic E-state index is 13.3. The average Bonchev–Trinajstić information content (AvgIpc) is 3.03. The van der Waals surface area contributed by atoms with Crippen molar-refractivity contribution in [2.75, 3.05) is 19.8 Å². The molecular weight excluding hydrogens is 433 g/mol. The van der Waals surface area contributed by atoms with Crippen LogP contribution in [0.1, 0.15) is 11.6 Å². The molecule has 0 radical (unpaired) electrons. The minimum atomic E-state index is -4.41. The van der Waals surface area contributed by atoms with E-state index < -0.39 is 17.2 Å². The molecule has 2 unspecified atom stereocenters. The molecule has 3 aromatic rings. The number of alkyl halides is 3. The summed E-state index contributed by atoms with van der Waals surface area (Å²) in [7, 11) is 0. The third-order valence-corrected chi connectivity index (χ3v) is 5.64. The second-order valence-corrected chi connectivity index (χ2v) is 8.05. The van der Waals surface area contributed by atoms with Crippen LogP contribution in [0.2, 0.25) is 0 Å². The smallest absolute Gasteiger partial charge is 0.446 e. The van der Waals surface area contributed by atoms with E-state index in [2.05, 4.69) is 10.3 Å². The number of morpholine rings is 1. The summed E-state index contributed by atoms with van der Waals surface area (Å²) in [5, 5.41) is 13.8. The average molecular weight is 452 g/mol. The van der Waals surface area contributed by atoms with Gasteiger partial charge in [-0.3, -0.25) is 9.55 Å². The fraction of sp³-hybridized carbons (Fsp3) is 0.300. The van der Waals surface area contributed by atoms with Gasteiger partial charge in [0.25, 0.3) is 0 Å². The van der Waals surface area contributed by atoms with Gasteiger partial charge in [-0.1, -0.05) is 0 Å². The number of hydrogen-bond donors (Lipinski definition) is 2. The standard InChI is InChI=1S/C20H19F3N4O3S/c21-20(22,23)31-15-3-1-14(2-4-15)27-17(28)11-26(19(27)29)18(13-5-7-24-8-6-13)16-12-30-10-9-25-16/h1-8,11,16,18,25,28H,9-10,12H2. The summed E-state index contributed by atoms with van der Waals surface area (Å²) in [5.74, 6) is -0.322. The summed E-state index contributed by atoms with van der Waals surface area (Å²) < 4.78 is 45.7. The molecule has 1 aliphatic heterocycles. The molecule has 4 rings (SSSR count). The van der Waals surface area contributed by atoms with Gasteiger partial charge in [-0.05, 0) is 53.7 Å². The number of halogens is 3. The lowest BCUT2D eigenvalue weighted by molar-refractivity contribution is -0.0328. The van der Waals surface area contributed by atoms with E-state index in [4.69, 9.17) is 4.74 Å². The molecule has 0 spiro atoms. The number of hydrogen-bond acceptors (Lipinski definition) is 6. The van der Waals surface area contributed by atoms with Crippen molar-refractivity contribution in [2.24, 2.45) is 0 Å². The lowest BCUT2D eigenvalue weighted by Crippen LogP contribution is -2.48. The van der Waals surface area contributed by atoms with Crippen LogP contribution in [0.4, 0.5) is 13.2 Å². The molecule has 0 bridgehead atoms. The molecule has 2 N–H and O–H groups in total. The van der Waals surface area contributed by atoms with E-state index >= 15 is 0 Å². The van der Waals surface area contributed by atoms with Crippen molar-refractivity contribution in [1.82, 2.24) is 19.4 Å². The van der Waals surface area contributed by atoms with Gasteiger partial charge >= 0.3 is 11.2 Å². The van der Waals surface area contributed by atoms with Gasteiger partial charge in [0.1, 0.15) is 0 Å². The van der Waals surface area contributed by atoms with Gasteiger partial charge in [-0.15, -0.1) is 0 Å². The molecule has 3 heterocycles. The SMILES string of the molecule is O=c1n(C(c2ccncc2)C2COCCN2)cc(O)n1-c1ccc(SC(F)(F)F)cc1. The maximum atomic E-state index is 13.3. The highest BCUT2D eigenvalue weighted by molar-refractivity contribution is 8.00. The molecule has 31 heavy (non-hydrogen) atoms. The van der Waals surface area contributed by atoms with Crippen molar-refractivity contribution in [3.8, 4) is 11.6 Å². The van der Waals surface area contributed by atoms with Crippen LogP contribution in [0.25, 0.3) is 5.69 Å². The first-order chi connectivity index (χ1) is 14.8. The molecular formula is C20H19F3N4O3S. The summed E-state index contributed by atoms with van der Waals surface area (Å²) in [6.07, 6.45) is 4.55. The summed E-state index contributed by atoms with van der Waals surface area (Å²) in [6, 6.07) is 8.10. The Morgan fingerprint density at radius 3 is 2.52 bits per heavy atom. The molecule has 0 aliphatic carbocycles. The van der Waals surface area contributed by atoms with E-state index in [0.29, 0.717) is 19.8 Å². The van der Waals surface area contributed by atoms with Crippen LogP contribution < -0.4 is 11.0 Å². The Morgan fingerprint density at radius 2 is 1.90 bits per heavy atom. The van der Waals surface area contributed by atoms with Crippen molar-refractivity contribution in [3.63, 3.8) is 0 Å². The largest absolute Gasteiger partial charge is 0.493 e. The minimum Gasteiger partial charge on any atom is -0.493 e. The van der Waals surface area contributed by atoms with E-state index in [1.807, 2.05) is 0 Å². The summed E-state index contributed by atoms with van der Waals surface area (Å²) >= 11 is -0.244. The number of rotatable bonds is 5. The van der Waals surface area contributed by atoms with Gasteiger partial charge in [-0.2, -0.15) is 13.2 Å². The van der Waals surface area contributed by atoms with Crippen LogP contribution in [0.5, 0.6) is 5.88 Å². The van der Waals surface area contributed by atoms with Gasteiger partial charge in [0.05, 0.1) is 37.2 Å². The second-order valence-electron chi connectivity index (χ2n) is 6.92. The van der Waals surface area contributed by atoms with E-state index in [-0.39, 0.29) is 34.3 Å². The topological polar surface area (TPSA) is 81.3 Å². The molecule has 11 heteroatoms. The Labute approximate surface area is 179 Å². The second kappa shape index (κ2) is 8.77. The number of nitrogens with one attached hydrogen (secondary N) is 1. The fourth-order valence-corrected chi connectivity index (χ4v) is 4.17. The van der Waals surface area contributed by atoms with Crippen molar-refractivity contribution >= 4 is 11.8 Å². The maximum Gasteiger partial charge on any atom is 0.446 e. The van der Waals surface area contributed by atoms with Gasteiger partial charge in [0.15, 0.2) is 0 Å². The summed E-state index contributed by atoms with van der Waals surface area (Å²) in [4.78, 5) is 17.3. The number of imidazole rings is 1. The molecule has 164 valence electrons. The number of aromatic nitrogens is 3. The van der Waals surface area contributed by atoms with E-state index in [1.54, 1.807) is 24.5 Å². The van der Waals surface area contributed by atoms with Crippen LogP contribution in [0.3, 0.4) is 0 Å². The molecule has 2 aromatic heterocycles. The zero-order valence-corrected chi connectivity index (χ0v) is 16.9. The Hall–Kier alpha value is -2.76. The first-order valence-corrected chi connectivity index (χ1v) is 10.3. The quantitative estimate of drug-likeness (QED) is 0.580. The third-order valence-electron chi connectivity index (χ3n) is 4.90. The van der Waals surface area contributed by atoms with E-state index in [1.165, 1.54) is 35.0 Å². The number of nitrogens with zero attached hydrogens (tertiary/aromatic N) is 3. The van der Waals surface area contributed by atoms with Crippen molar-refractivity contribution in [3.05, 3.63) is 71.0 Å². The fourth-order valence-electron chi connectivity index (χ4n) is 3.63. The normalized spacial score (nSPS) is 18.1. The van der Waals surface area contributed by atoms with Crippen molar-refractivity contribution < 1.29 is 23.0 Å². The van der Waals surface area contributed by atoms with E-state index in [0.717, 1.165) is 10.1 Å². The highest BCUT2D eigenvalue weighted by atomic mass is 32.2. The Bertz CT molecular complexity index is 1080. The van der Waals surface area contributed by atoms with Crippen LogP contribution in [-0.2, 0) is 4.74 Å². The molecule has 1 saturated heterocycles. The summed E-state index contributed by atoms with van der Waals surface area (Å²) in [5.41, 5.74) is -3.87. The Kier molecular flexibility index (Phi) is 6.08. The van der Waals surface area contributed by atoms with Gasteiger partial charge < -0.3 is 15.2 Å². The predicted octanol–water partition coefficient (Wildman–Crippen LogP) is 2.93. The van der Waals surface area contributed by atoms with Crippen molar-refractivity contribution in [2.45, 2.75) is 22.5 Å². The number of benzene rings is 1. The molecule has 7 nitrogen and oxygen atoms in total. The van der Waals surface area contributed by atoms with Crippen LogP contribution in [0.15, 0.2) is 64.7 Å². The van der Waals surface area contributed by atoms with Gasteiger partial charge in [-0.25, -0.2) is 9.36 Å². The molecule has 0 amide bonds. The van der Waals surface area contributed by atoms with Crippen molar-refractivity contribution in [1.29, 1.82) is 0 Å². The monoisotopic (exact) mass is 452 g/mol. The lowest BCUT2D eigenvalue weighted by Gasteiger charge is -2.32. The Morgan fingerprint density at radius 1 is 1.19 bits per heavy atom. The molecule has 1 aliphatic rings. The highest BCUT2D eigenvalue weighted by Gasteiger charge is 2.31. The minimum absolute atomic E-state index is 0.0126. The summed E-state index contributed by atoms with van der Waals surface area (Å²) in [6.45, 7) is 1.55. The number of pyridine rings is 1. The Balaban J connectivity index is 1.73. The molecule has 1 aromatic carbocycles. The molecule has 1 fully saturated rings. The third kappa shape index (κ3) is 4.78. The zero-order valence-electron chi connectivity index (χ0n) is 16.1. The predicted molar refractivity (Wildman–Crippen MR) is 109 cm³/mol. The lowest BCUT2D eigenvalue weighted by atomic mass is 10.00.